The molecule has 80 valence electrons. The molecule has 0 saturated carbocycles. The van der Waals surface area contributed by atoms with Gasteiger partial charge in [0.05, 0.1) is 13.5 Å². The number of nitrogens with two attached hydrogens (primary N) is 1. The zero-order valence-corrected chi connectivity index (χ0v) is 8.37. The molecule has 0 heterocycles. The topological polar surface area (TPSA) is 52.3 Å². The quantitative estimate of drug-likeness (QED) is 0.611. The van der Waals surface area contributed by atoms with Crippen molar-refractivity contribution in [1.82, 2.24) is 0 Å². The molecule has 3 nitrogen and oxygen atoms in total. The standard InChI is InChI=1S/C11H12FNO2/c1-15-11(14)4-2-3-8-5-6-9(12)7-10(8)13/h2-3,5-7H,4,13H2,1H3. The third-order valence-electron chi connectivity index (χ3n) is 1.86. The molecule has 0 spiro atoms. The summed E-state index contributed by atoms with van der Waals surface area (Å²) in [5.74, 6) is -0.704. The first-order valence-corrected chi connectivity index (χ1v) is 4.42. The van der Waals surface area contributed by atoms with Crippen LogP contribution < -0.4 is 5.73 Å². The first-order valence-electron chi connectivity index (χ1n) is 4.42. The van der Waals surface area contributed by atoms with Crippen LogP contribution >= 0.6 is 0 Å². The van der Waals surface area contributed by atoms with Gasteiger partial charge in [-0.2, -0.15) is 0 Å². The van der Waals surface area contributed by atoms with Gasteiger partial charge in [-0.25, -0.2) is 4.39 Å². The van der Waals surface area contributed by atoms with Crippen molar-refractivity contribution in [3.8, 4) is 0 Å². The number of ether oxygens (including phenoxy) is 1. The number of anilines is 1. The summed E-state index contributed by atoms with van der Waals surface area (Å²) in [6, 6.07) is 4.10. The van der Waals surface area contributed by atoms with Crippen molar-refractivity contribution in [2.45, 2.75) is 6.42 Å². The number of esters is 1. The lowest BCUT2D eigenvalue weighted by Crippen LogP contribution is -1.97. The summed E-state index contributed by atoms with van der Waals surface area (Å²) in [4.78, 5) is 10.8. The largest absolute Gasteiger partial charge is 0.469 e. The summed E-state index contributed by atoms with van der Waals surface area (Å²) >= 11 is 0. The highest BCUT2D eigenvalue weighted by Gasteiger charge is 1.98. The molecule has 0 atom stereocenters. The lowest BCUT2D eigenvalue weighted by molar-refractivity contribution is -0.139. The molecule has 0 aromatic heterocycles. The molecule has 0 saturated heterocycles. The maximum atomic E-state index is 12.7. The Bertz CT molecular complexity index is 388. The minimum atomic E-state index is -0.377. The fraction of sp³-hybridized carbons (Fsp3) is 0.182. The van der Waals surface area contributed by atoms with E-state index in [2.05, 4.69) is 4.74 Å². The molecule has 0 fully saturated rings. The first-order chi connectivity index (χ1) is 7.13. The summed E-state index contributed by atoms with van der Waals surface area (Å²) in [5.41, 5.74) is 6.59. The predicted octanol–water partition coefficient (Wildman–Crippen LogP) is 1.98. The lowest BCUT2D eigenvalue weighted by atomic mass is 10.1. The minimum absolute atomic E-state index is 0.174. The van der Waals surface area contributed by atoms with Crippen molar-refractivity contribution in [1.29, 1.82) is 0 Å². The van der Waals surface area contributed by atoms with E-state index in [4.69, 9.17) is 5.73 Å². The van der Waals surface area contributed by atoms with Crippen molar-refractivity contribution >= 4 is 17.7 Å². The van der Waals surface area contributed by atoms with Gasteiger partial charge in [-0.1, -0.05) is 18.2 Å². The number of hydrogen-bond acceptors (Lipinski definition) is 3. The molecule has 1 rings (SSSR count). The van der Waals surface area contributed by atoms with Crippen LogP contribution in [0.3, 0.4) is 0 Å². The lowest BCUT2D eigenvalue weighted by Gasteiger charge is -1.99. The highest BCUT2D eigenvalue weighted by molar-refractivity contribution is 5.73. The van der Waals surface area contributed by atoms with E-state index >= 15 is 0 Å². The second-order valence-corrected chi connectivity index (χ2v) is 2.96. The number of benzene rings is 1. The van der Waals surface area contributed by atoms with Crippen molar-refractivity contribution in [3.05, 3.63) is 35.7 Å². The molecular formula is C11H12FNO2. The van der Waals surface area contributed by atoms with Gasteiger partial charge < -0.3 is 10.5 Å². The van der Waals surface area contributed by atoms with Gasteiger partial charge in [-0.05, 0) is 17.7 Å². The maximum Gasteiger partial charge on any atom is 0.309 e. The highest BCUT2D eigenvalue weighted by Crippen LogP contribution is 2.15. The average molecular weight is 209 g/mol. The molecule has 2 N–H and O–H groups in total. The second-order valence-electron chi connectivity index (χ2n) is 2.96. The Balaban J connectivity index is 2.68. The van der Waals surface area contributed by atoms with Gasteiger partial charge in [0, 0.05) is 5.69 Å². The monoisotopic (exact) mass is 209 g/mol. The number of carbonyl (C=O) groups excluding carboxylic acids is 1. The van der Waals surface area contributed by atoms with E-state index in [1.807, 2.05) is 0 Å². The van der Waals surface area contributed by atoms with Crippen LogP contribution in [0.15, 0.2) is 24.3 Å². The van der Waals surface area contributed by atoms with E-state index in [0.29, 0.717) is 11.3 Å². The van der Waals surface area contributed by atoms with Gasteiger partial charge in [-0.3, -0.25) is 4.79 Å². The summed E-state index contributed by atoms with van der Waals surface area (Å²) in [7, 11) is 1.32. The molecule has 0 unspecified atom stereocenters. The summed E-state index contributed by atoms with van der Waals surface area (Å²) in [6.45, 7) is 0. The third kappa shape index (κ3) is 3.42. The number of hydrogen-bond donors (Lipinski definition) is 1. The summed E-state index contributed by atoms with van der Waals surface area (Å²) in [6.07, 6.45) is 3.45. The van der Waals surface area contributed by atoms with Crippen molar-refractivity contribution in [2.75, 3.05) is 12.8 Å². The molecule has 0 aliphatic rings. The van der Waals surface area contributed by atoms with E-state index in [-0.39, 0.29) is 18.2 Å². The predicted molar refractivity (Wildman–Crippen MR) is 56.5 cm³/mol. The first kappa shape index (κ1) is 11.2. The van der Waals surface area contributed by atoms with Crippen LogP contribution in [0.4, 0.5) is 10.1 Å². The van der Waals surface area contributed by atoms with E-state index < -0.39 is 0 Å². The third-order valence-corrected chi connectivity index (χ3v) is 1.86. The molecule has 0 radical (unpaired) electrons. The Kier molecular flexibility index (Phi) is 3.85. The van der Waals surface area contributed by atoms with Crippen LogP contribution in [-0.2, 0) is 9.53 Å². The summed E-state index contributed by atoms with van der Waals surface area (Å²) in [5, 5.41) is 0. The molecule has 0 bridgehead atoms. The molecule has 1 aromatic carbocycles. The van der Waals surface area contributed by atoms with Crippen LogP contribution in [0.25, 0.3) is 6.08 Å². The SMILES string of the molecule is COC(=O)CC=Cc1ccc(F)cc1N. The smallest absolute Gasteiger partial charge is 0.309 e. The van der Waals surface area contributed by atoms with E-state index in [1.165, 1.54) is 19.2 Å². The molecule has 1 aromatic rings. The zero-order chi connectivity index (χ0) is 11.3. The average Bonchev–Trinajstić information content (AvgIpc) is 2.21. The fourth-order valence-corrected chi connectivity index (χ4v) is 1.06. The molecule has 15 heavy (non-hydrogen) atoms. The molecule has 4 heteroatoms. The van der Waals surface area contributed by atoms with Crippen LogP contribution in [-0.4, -0.2) is 13.1 Å². The molecule has 0 amide bonds. The van der Waals surface area contributed by atoms with Gasteiger partial charge in [-0.15, -0.1) is 0 Å². The molecule has 0 aliphatic heterocycles. The van der Waals surface area contributed by atoms with E-state index in [0.717, 1.165) is 0 Å². The van der Waals surface area contributed by atoms with Crippen LogP contribution in [0.2, 0.25) is 0 Å². The van der Waals surface area contributed by atoms with Crippen LogP contribution in [0.5, 0.6) is 0 Å². The Hall–Kier alpha value is -1.84. The van der Waals surface area contributed by atoms with Crippen molar-refractivity contribution in [3.63, 3.8) is 0 Å². The van der Waals surface area contributed by atoms with E-state index in [9.17, 15) is 9.18 Å². The Labute approximate surface area is 87.3 Å². The fourth-order valence-electron chi connectivity index (χ4n) is 1.06. The molecule has 0 aliphatic carbocycles. The van der Waals surface area contributed by atoms with Gasteiger partial charge in [0.2, 0.25) is 0 Å². The Morgan fingerprint density at radius 3 is 2.93 bits per heavy atom. The normalized spacial score (nSPS) is 10.5. The van der Waals surface area contributed by atoms with E-state index in [1.54, 1.807) is 18.2 Å². The van der Waals surface area contributed by atoms with Crippen molar-refractivity contribution in [2.24, 2.45) is 0 Å². The van der Waals surface area contributed by atoms with Gasteiger partial charge in [0.25, 0.3) is 0 Å². The number of carbonyl (C=O) groups is 1. The van der Waals surface area contributed by atoms with Crippen LogP contribution in [0.1, 0.15) is 12.0 Å². The number of halogens is 1. The van der Waals surface area contributed by atoms with Gasteiger partial charge >= 0.3 is 5.97 Å². The van der Waals surface area contributed by atoms with Crippen molar-refractivity contribution < 1.29 is 13.9 Å². The minimum Gasteiger partial charge on any atom is -0.469 e. The Morgan fingerprint density at radius 2 is 2.33 bits per heavy atom. The highest BCUT2D eigenvalue weighted by atomic mass is 19.1. The van der Waals surface area contributed by atoms with Gasteiger partial charge in [0.15, 0.2) is 0 Å². The Morgan fingerprint density at radius 1 is 1.60 bits per heavy atom. The van der Waals surface area contributed by atoms with Crippen LogP contribution in [0, 0.1) is 5.82 Å². The second kappa shape index (κ2) is 5.14. The number of methoxy groups -OCH3 is 1. The summed E-state index contributed by atoms with van der Waals surface area (Å²) < 4.78 is 17.1. The number of nitrogen functional groups attached to an aromatic ring is 1. The zero-order valence-electron chi connectivity index (χ0n) is 8.37. The molecular weight excluding hydrogens is 197 g/mol. The maximum absolute atomic E-state index is 12.7. The number of rotatable bonds is 3. The van der Waals surface area contributed by atoms with Gasteiger partial charge in [0.1, 0.15) is 5.82 Å².